The van der Waals surface area contributed by atoms with E-state index >= 15 is 0 Å². The first-order chi connectivity index (χ1) is 14.9. The van der Waals surface area contributed by atoms with Crippen LogP contribution in [0.2, 0.25) is 0 Å². The van der Waals surface area contributed by atoms with E-state index in [1.165, 1.54) is 35.2 Å². The summed E-state index contributed by atoms with van der Waals surface area (Å²) in [6.45, 7) is 1.95. The monoisotopic (exact) mass is 444 g/mol. The molecule has 9 nitrogen and oxygen atoms in total. The van der Waals surface area contributed by atoms with Crippen LogP contribution in [0.4, 0.5) is 10.5 Å². The molecule has 1 aliphatic heterocycles. The number of hydrogen-bond acceptors (Lipinski definition) is 6. The van der Waals surface area contributed by atoms with Gasteiger partial charge in [0.25, 0.3) is 5.91 Å². The van der Waals surface area contributed by atoms with E-state index in [4.69, 9.17) is 0 Å². The Bertz CT molecular complexity index is 935. The molecule has 0 bridgehead atoms. The molecule has 164 valence electrons. The number of nitrogens with one attached hydrogen (secondary N) is 2. The van der Waals surface area contributed by atoms with Gasteiger partial charge in [-0.1, -0.05) is 24.3 Å². The van der Waals surface area contributed by atoms with E-state index in [0.29, 0.717) is 10.6 Å². The number of rotatable bonds is 5. The summed E-state index contributed by atoms with van der Waals surface area (Å²) in [6, 6.07) is 10.2. The van der Waals surface area contributed by atoms with Crippen LogP contribution < -0.4 is 10.6 Å². The smallest absolute Gasteiger partial charge is 0.328 e. The average Bonchev–Trinajstić information content (AvgIpc) is 3.33. The molecule has 1 fully saturated rings. The van der Waals surface area contributed by atoms with Crippen LogP contribution >= 0.6 is 11.3 Å². The van der Waals surface area contributed by atoms with E-state index in [1.807, 2.05) is 6.07 Å². The van der Waals surface area contributed by atoms with Crippen LogP contribution in [0.3, 0.4) is 0 Å². The maximum absolute atomic E-state index is 13.0. The number of methoxy groups -OCH3 is 1. The average molecular weight is 445 g/mol. The predicted octanol–water partition coefficient (Wildman–Crippen LogP) is 1.78. The van der Waals surface area contributed by atoms with Crippen LogP contribution in [-0.4, -0.2) is 72.4 Å². The van der Waals surface area contributed by atoms with Gasteiger partial charge in [0.05, 0.1) is 18.5 Å². The van der Waals surface area contributed by atoms with Crippen molar-refractivity contribution in [3.05, 3.63) is 52.7 Å². The molecule has 10 heteroatoms. The van der Waals surface area contributed by atoms with Gasteiger partial charge in [0, 0.05) is 18.8 Å². The van der Waals surface area contributed by atoms with E-state index in [0.717, 1.165) is 0 Å². The van der Waals surface area contributed by atoms with Crippen LogP contribution in [0.15, 0.2) is 47.8 Å². The lowest BCUT2D eigenvalue weighted by Gasteiger charge is -2.40. The number of ether oxygens (including phenoxy) is 1. The molecule has 2 N–H and O–H groups in total. The molecule has 0 radical (unpaired) electrons. The van der Waals surface area contributed by atoms with Gasteiger partial charge in [0.2, 0.25) is 5.91 Å². The Balaban J connectivity index is 1.76. The van der Waals surface area contributed by atoms with Crippen molar-refractivity contribution in [2.75, 3.05) is 32.1 Å². The molecule has 2 aromatic rings. The number of piperazine rings is 1. The summed E-state index contributed by atoms with van der Waals surface area (Å²) in [5, 5.41) is 7.15. The van der Waals surface area contributed by atoms with Gasteiger partial charge in [0.15, 0.2) is 0 Å². The summed E-state index contributed by atoms with van der Waals surface area (Å²) in [5.74, 6) is -1.41. The highest BCUT2D eigenvalue weighted by atomic mass is 32.1. The van der Waals surface area contributed by atoms with E-state index in [-0.39, 0.29) is 31.6 Å². The second-order valence-corrected chi connectivity index (χ2v) is 7.93. The Kier molecular flexibility index (Phi) is 7.24. The fourth-order valence-corrected chi connectivity index (χ4v) is 3.92. The van der Waals surface area contributed by atoms with Crippen LogP contribution in [0.5, 0.6) is 0 Å². The third-order valence-electron chi connectivity index (χ3n) is 4.90. The minimum atomic E-state index is -0.947. The van der Waals surface area contributed by atoms with Crippen molar-refractivity contribution in [2.45, 2.75) is 19.0 Å². The van der Waals surface area contributed by atoms with Gasteiger partial charge < -0.3 is 25.2 Å². The number of hydrogen-bond donors (Lipinski definition) is 2. The zero-order valence-electron chi connectivity index (χ0n) is 17.2. The number of carbonyl (C=O) groups is 4. The predicted molar refractivity (Wildman–Crippen MR) is 116 cm³/mol. The van der Waals surface area contributed by atoms with Crippen LogP contribution in [-0.2, 0) is 14.3 Å². The summed E-state index contributed by atoms with van der Waals surface area (Å²) < 4.78 is 4.65. The van der Waals surface area contributed by atoms with E-state index in [9.17, 15) is 19.2 Å². The van der Waals surface area contributed by atoms with Crippen LogP contribution in [0, 0.1) is 0 Å². The highest BCUT2D eigenvalue weighted by Gasteiger charge is 2.38. The number of para-hydroxylation sites is 1. The number of anilines is 1. The van der Waals surface area contributed by atoms with Gasteiger partial charge in [-0.05, 0) is 30.5 Å². The molecule has 1 aliphatic rings. The third kappa shape index (κ3) is 5.40. The molecule has 2 atom stereocenters. The molecule has 0 spiro atoms. The van der Waals surface area contributed by atoms with Crippen molar-refractivity contribution in [3.63, 3.8) is 0 Å². The topological polar surface area (TPSA) is 108 Å². The second kappa shape index (κ2) is 10.1. The lowest BCUT2D eigenvalue weighted by Crippen LogP contribution is -2.63. The number of thiophene rings is 1. The molecule has 0 saturated carbocycles. The Morgan fingerprint density at radius 3 is 2.48 bits per heavy atom. The molecule has 1 saturated heterocycles. The second-order valence-electron chi connectivity index (χ2n) is 6.99. The first-order valence-corrected chi connectivity index (χ1v) is 10.6. The highest BCUT2D eigenvalue weighted by molar-refractivity contribution is 7.12. The van der Waals surface area contributed by atoms with Gasteiger partial charge in [-0.25, -0.2) is 9.59 Å². The highest BCUT2D eigenvalue weighted by Crippen LogP contribution is 2.19. The van der Waals surface area contributed by atoms with Crippen molar-refractivity contribution in [1.29, 1.82) is 0 Å². The maximum Gasteiger partial charge on any atom is 0.328 e. The van der Waals surface area contributed by atoms with Crippen molar-refractivity contribution < 1.29 is 23.9 Å². The van der Waals surface area contributed by atoms with Gasteiger partial charge in [-0.15, -0.1) is 11.3 Å². The summed E-state index contributed by atoms with van der Waals surface area (Å²) in [7, 11) is 1.23. The molecule has 1 aromatic carbocycles. The molecule has 3 rings (SSSR count). The molecule has 0 aliphatic carbocycles. The summed E-state index contributed by atoms with van der Waals surface area (Å²) in [5.41, 5.74) is 0.630. The minimum Gasteiger partial charge on any atom is -0.467 e. The number of esters is 1. The van der Waals surface area contributed by atoms with Gasteiger partial charge in [-0.3, -0.25) is 9.59 Å². The first kappa shape index (κ1) is 22.3. The summed E-state index contributed by atoms with van der Waals surface area (Å²) in [4.78, 5) is 53.8. The summed E-state index contributed by atoms with van der Waals surface area (Å²) >= 11 is 1.28. The largest absolute Gasteiger partial charge is 0.467 e. The minimum absolute atomic E-state index is 0.00446. The summed E-state index contributed by atoms with van der Waals surface area (Å²) in [6.07, 6.45) is 0. The zero-order valence-corrected chi connectivity index (χ0v) is 18.1. The van der Waals surface area contributed by atoms with E-state index in [2.05, 4.69) is 15.4 Å². The Morgan fingerprint density at radius 2 is 1.84 bits per heavy atom. The molecule has 0 unspecified atom stereocenters. The maximum atomic E-state index is 13.0. The van der Waals surface area contributed by atoms with Crippen molar-refractivity contribution in [2.24, 2.45) is 0 Å². The zero-order chi connectivity index (χ0) is 22.4. The van der Waals surface area contributed by atoms with Gasteiger partial charge in [0.1, 0.15) is 12.1 Å². The van der Waals surface area contributed by atoms with Crippen LogP contribution in [0.25, 0.3) is 0 Å². The molecular weight excluding hydrogens is 420 g/mol. The fraction of sp³-hybridized carbons (Fsp3) is 0.333. The van der Waals surface area contributed by atoms with Gasteiger partial charge in [-0.2, -0.15) is 0 Å². The number of carbonyl (C=O) groups excluding carboxylic acids is 4. The molecule has 2 heterocycles. The lowest BCUT2D eigenvalue weighted by molar-refractivity contribution is -0.145. The molecule has 31 heavy (non-hydrogen) atoms. The molecular formula is C21H24N4O5S. The normalized spacial score (nSPS) is 16.9. The molecule has 4 amide bonds. The van der Waals surface area contributed by atoms with E-state index in [1.54, 1.807) is 41.8 Å². The fourth-order valence-electron chi connectivity index (χ4n) is 3.25. The third-order valence-corrected chi connectivity index (χ3v) is 5.76. The standard InChI is InChI=1S/C21H24N4O5S/c1-14(20(28)30-2)22-18(26)16-13-24(21(29)23-15-7-4-3-5-8-15)10-11-25(16)19(27)17-9-6-12-31-17/h3-9,12,14,16H,10-11,13H2,1-2H3,(H,22,26)(H,23,29)/t14-,16+/m1/s1. The lowest BCUT2D eigenvalue weighted by atomic mass is 10.1. The van der Waals surface area contributed by atoms with Crippen molar-refractivity contribution in [1.82, 2.24) is 15.1 Å². The SMILES string of the molecule is COC(=O)[C@@H](C)NC(=O)[C@@H]1CN(C(=O)Nc2ccccc2)CCN1C(=O)c1cccs1. The Labute approximate surface area is 184 Å². The number of urea groups is 1. The van der Waals surface area contributed by atoms with Crippen LogP contribution in [0.1, 0.15) is 16.6 Å². The Morgan fingerprint density at radius 1 is 1.10 bits per heavy atom. The van der Waals surface area contributed by atoms with Crippen molar-refractivity contribution in [3.8, 4) is 0 Å². The van der Waals surface area contributed by atoms with Gasteiger partial charge >= 0.3 is 12.0 Å². The first-order valence-electron chi connectivity index (χ1n) is 9.74. The number of amides is 4. The van der Waals surface area contributed by atoms with Crippen molar-refractivity contribution >= 4 is 40.8 Å². The Hall–Kier alpha value is -3.40. The van der Waals surface area contributed by atoms with E-state index < -0.39 is 24.0 Å². The number of benzene rings is 1. The molecule has 1 aromatic heterocycles. The number of nitrogens with zero attached hydrogens (tertiary/aromatic N) is 2. The quantitative estimate of drug-likeness (QED) is 0.684.